The van der Waals surface area contributed by atoms with Gasteiger partial charge in [0.15, 0.2) is 5.82 Å². The molecule has 0 N–H and O–H groups in total. The average molecular weight is 341 g/mol. The topological polar surface area (TPSA) is 43.1 Å². The predicted molar refractivity (Wildman–Crippen MR) is 94.3 cm³/mol. The van der Waals surface area contributed by atoms with Crippen molar-refractivity contribution in [3.05, 3.63) is 64.7 Å². The molecule has 0 bridgehead atoms. The van der Waals surface area contributed by atoms with Crippen LogP contribution in [-0.2, 0) is 0 Å². The van der Waals surface area contributed by atoms with Crippen molar-refractivity contribution in [1.82, 2.24) is 14.9 Å². The number of rotatable bonds is 2. The Balaban J connectivity index is 1.83. The minimum absolute atomic E-state index is 0.709. The Labute approximate surface area is 143 Å². The van der Waals surface area contributed by atoms with Crippen molar-refractivity contribution in [3.63, 3.8) is 0 Å². The molecule has 0 saturated heterocycles. The van der Waals surface area contributed by atoms with Crippen LogP contribution in [0.2, 0.25) is 5.02 Å². The molecule has 23 heavy (non-hydrogen) atoms. The Morgan fingerprint density at radius 3 is 2.78 bits per heavy atom. The summed E-state index contributed by atoms with van der Waals surface area (Å²) in [4.78, 5) is 0. The van der Waals surface area contributed by atoms with E-state index >= 15 is 0 Å². The van der Waals surface area contributed by atoms with Crippen LogP contribution in [0.3, 0.4) is 0 Å². The number of hydrogen-bond donors (Lipinski definition) is 0. The third-order valence-corrected chi connectivity index (χ3v) is 4.89. The maximum absolute atomic E-state index is 6.31. The molecule has 0 unspecified atom stereocenters. The number of halogens is 1. The van der Waals surface area contributed by atoms with Gasteiger partial charge >= 0.3 is 0 Å². The van der Waals surface area contributed by atoms with Gasteiger partial charge in [-0.2, -0.15) is 9.78 Å². The van der Waals surface area contributed by atoms with Crippen molar-refractivity contribution in [2.75, 3.05) is 5.75 Å². The van der Waals surface area contributed by atoms with Gasteiger partial charge in [-0.25, -0.2) is 0 Å². The molecule has 3 aromatic rings. The normalized spacial score (nSPS) is 13.6. The highest BCUT2D eigenvalue weighted by atomic mass is 35.5. The van der Waals surface area contributed by atoms with Crippen LogP contribution in [0.4, 0.5) is 0 Å². The van der Waals surface area contributed by atoms with Crippen LogP contribution >= 0.6 is 23.4 Å². The summed E-state index contributed by atoms with van der Waals surface area (Å²) >= 11 is 7.93. The third-order valence-electron chi connectivity index (χ3n) is 3.63. The Morgan fingerprint density at radius 2 is 1.96 bits per heavy atom. The molecule has 0 spiro atoms. The number of aryl methyl sites for hydroxylation is 1. The Hall–Kier alpha value is -2.11. The van der Waals surface area contributed by atoms with E-state index in [-0.39, 0.29) is 0 Å². The second-order valence-electron chi connectivity index (χ2n) is 5.30. The van der Waals surface area contributed by atoms with E-state index < -0.39 is 0 Å². The van der Waals surface area contributed by atoms with Gasteiger partial charge in [-0.15, -0.1) is 10.2 Å². The van der Waals surface area contributed by atoms with Gasteiger partial charge in [0, 0.05) is 21.9 Å². The fourth-order valence-electron chi connectivity index (χ4n) is 2.52. The highest BCUT2D eigenvalue weighted by Crippen LogP contribution is 2.30. The molecule has 0 fully saturated rings. The smallest absolute Gasteiger partial charge is 0.187 e. The van der Waals surface area contributed by atoms with E-state index in [1.165, 1.54) is 5.56 Å². The van der Waals surface area contributed by atoms with Gasteiger partial charge in [-0.3, -0.25) is 0 Å². The van der Waals surface area contributed by atoms with E-state index in [1.807, 2.05) is 41.1 Å². The van der Waals surface area contributed by atoms with Gasteiger partial charge < -0.3 is 0 Å². The number of nitrogens with zero attached hydrogens (tertiary/aromatic N) is 4. The molecule has 6 heteroatoms. The molecule has 114 valence electrons. The highest BCUT2D eigenvalue weighted by molar-refractivity contribution is 7.99. The maximum Gasteiger partial charge on any atom is 0.212 e. The van der Waals surface area contributed by atoms with Crippen LogP contribution in [0, 0.1) is 6.92 Å². The van der Waals surface area contributed by atoms with Gasteiger partial charge in [-0.1, -0.05) is 65.3 Å². The summed E-state index contributed by atoms with van der Waals surface area (Å²) in [6, 6.07) is 15.9. The first-order chi connectivity index (χ1) is 11.2. The molecule has 0 atom stereocenters. The van der Waals surface area contributed by atoms with Crippen LogP contribution < -0.4 is 0 Å². The lowest BCUT2D eigenvalue weighted by Crippen LogP contribution is -2.14. The zero-order valence-corrected chi connectivity index (χ0v) is 14.0. The summed E-state index contributed by atoms with van der Waals surface area (Å²) in [7, 11) is 0. The Kier molecular flexibility index (Phi) is 3.67. The van der Waals surface area contributed by atoms with Crippen molar-refractivity contribution in [3.8, 4) is 11.4 Å². The molecule has 0 aliphatic carbocycles. The van der Waals surface area contributed by atoms with Gasteiger partial charge in [0.1, 0.15) is 0 Å². The van der Waals surface area contributed by atoms with Crippen molar-refractivity contribution in [2.24, 2.45) is 5.10 Å². The highest BCUT2D eigenvalue weighted by Gasteiger charge is 2.21. The van der Waals surface area contributed by atoms with E-state index in [4.69, 9.17) is 16.7 Å². The van der Waals surface area contributed by atoms with Crippen LogP contribution in [0.15, 0.2) is 58.8 Å². The minimum Gasteiger partial charge on any atom is -0.187 e. The predicted octanol–water partition coefficient (Wildman–Crippen LogP) is 4.27. The molecule has 1 aromatic heterocycles. The standard InChI is InChI=1S/C17H13ClN4S/c1-11-5-4-6-12(9-11)16-19-20-17-22(16)21-15(10-23-17)13-7-2-3-8-14(13)18/h2-9H,10H2,1H3. The largest absolute Gasteiger partial charge is 0.212 e. The first-order valence-electron chi connectivity index (χ1n) is 7.20. The number of hydrogen-bond acceptors (Lipinski definition) is 4. The van der Waals surface area contributed by atoms with E-state index in [2.05, 4.69) is 29.3 Å². The van der Waals surface area contributed by atoms with Crippen LogP contribution in [0.1, 0.15) is 11.1 Å². The van der Waals surface area contributed by atoms with Crippen LogP contribution in [0.5, 0.6) is 0 Å². The molecule has 0 saturated carbocycles. The third kappa shape index (κ3) is 2.66. The van der Waals surface area contributed by atoms with E-state index in [0.29, 0.717) is 5.02 Å². The van der Waals surface area contributed by atoms with Crippen molar-refractivity contribution in [2.45, 2.75) is 12.1 Å². The lowest BCUT2D eigenvalue weighted by molar-refractivity contribution is 0.762. The summed E-state index contributed by atoms with van der Waals surface area (Å²) in [6.07, 6.45) is 0. The molecule has 0 radical (unpaired) electrons. The lowest BCUT2D eigenvalue weighted by Gasteiger charge is -2.14. The summed E-state index contributed by atoms with van der Waals surface area (Å²) < 4.78 is 1.81. The number of thioether (sulfide) groups is 1. The molecule has 2 heterocycles. The summed E-state index contributed by atoms with van der Waals surface area (Å²) in [5.74, 6) is 1.48. The maximum atomic E-state index is 6.31. The molecule has 0 amide bonds. The van der Waals surface area contributed by atoms with Gasteiger partial charge in [0.05, 0.1) is 5.71 Å². The fraction of sp³-hybridized carbons (Fsp3) is 0.118. The quantitative estimate of drug-likeness (QED) is 0.700. The summed E-state index contributed by atoms with van der Waals surface area (Å²) in [5.41, 5.74) is 4.07. The molecule has 4 rings (SSSR count). The second kappa shape index (κ2) is 5.83. The lowest BCUT2D eigenvalue weighted by atomic mass is 10.1. The zero-order chi connectivity index (χ0) is 15.8. The van der Waals surface area contributed by atoms with Crippen molar-refractivity contribution < 1.29 is 0 Å². The molecule has 4 nitrogen and oxygen atoms in total. The van der Waals surface area contributed by atoms with Crippen LogP contribution in [-0.4, -0.2) is 26.3 Å². The molecular formula is C17H13ClN4S. The first kappa shape index (κ1) is 14.5. The second-order valence-corrected chi connectivity index (χ2v) is 6.65. The van der Waals surface area contributed by atoms with E-state index in [0.717, 1.165) is 33.6 Å². The number of benzene rings is 2. The van der Waals surface area contributed by atoms with Crippen molar-refractivity contribution >= 4 is 29.1 Å². The minimum atomic E-state index is 0.709. The number of aromatic nitrogens is 3. The molecule has 2 aromatic carbocycles. The number of fused-ring (bicyclic) bond motifs is 1. The molecule has 1 aliphatic rings. The van der Waals surface area contributed by atoms with Crippen LogP contribution in [0.25, 0.3) is 11.4 Å². The molecule has 1 aliphatic heterocycles. The fourth-order valence-corrected chi connectivity index (χ4v) is 3.59. The monoisotopic (exact) mass is 340 g/mol. The van der Waals surface area contributed by atoms with Gasteiger partial charge in [-0.05, 0) is 19.1 Å². The molecular weight excluding hydrogens is 328 g/mol. The SMILES string of the molecule is Cc1cccc(-c2nnc3n2N=C(c2ccccc2Cl)CS3)c1. The Bertz CT molecular complexity index is 916. The average Bonchev–Trinajstić information content (AvgIpc) is 2.98. The zero-order valence-electron chi connectivity index (χ0n) is 12.4. The van der Waals surface area contributed by atoms with E-state index in [9.17, 15) is 0 Å². The first-order valence-corrected chi connectivity index (χ1v) is 8.57. The van der Waals surface area contributed by atoms with E-state index in [1.54, 1.807) is 11.8 Å². The van der Waals surface area contributed by atoms with Gasteiger partial charge in [0.25, 0.3) is 0 Å². The van der Waals surface area contributed by atoms with Gasteiger partial charge in [0.2, 0.25) is 5.16 Å². The Morgan fingerprint density at radius 1 is 1.09 bits per heavy atom. The summed E-state index contributed by atoms with van der Waals surface area (Å²) in [6.45, 7) is 2.06. The van der Waals surface area contributed by atoms with Crippen molar-refractivity contribution in [1.29, 1.82) is 0 Å². The summed E-state index contributed by atoms with van der Waals surface area (Å²) in [5, 5.41) is 14.8.